The van der Waals surface area contributed by atoms with Gasteiger partial charge in [-0.25, -0.2) is 10.8 Å². The zero-order valence-corrected chi connectivity index (χ0v) is 9.97. The molecule has 0 radical (unpaired) electrons. The van der Waals surface area contributed by atoms with Crippen LogP contribution in [-0.4, -0.2) is 47.5 Å². The third-order valence-electron chi connectivity index (χ3n) is 2.75. The van der Waals surface area contributed by atoms with Crippen LogP contribution in [0.4, 0.5) is 11.8 Å². The zero-order chi connectivity index (χ0) is 12.4. The van der Waals surface area contributed by atoms with Crippen LogP contribution in [0, 0.1) is 6.92 Å². The van der Waals surface area contributed by atoms with E-state index in [9.17, 15) is 4.79 Å². The van der Waals surface area contributed by atoms with Gasteiger partial charge in [-0.1, -0.05) is 0 Å². The van der Waals surface area contributed by atoms with Gasteiger partial charge in [0.1, 0.15) is 5.82 Å². The Labute approximate surface area is 99.6 Å². The summed E-state index contributed by atoms with van der Waals surface area (Å²) in [5.74, 6) is 6.49. The largest absolute Gasteiger partial charge is 0.345 e. The van der Waals surface area contributed by atoms with E-state index in [0.29, 0.717) is 19.0 Å². The van der Waals surface area contributed by atoms with Crippen LogP contribution in [0.1, 0.15) is 5.69 Å². The van der Waals surface area contributed by atoms with Gasteiger partial charge in [0.25, 0.3) is 0 Å². The molecule has 1 aliphatic rings. The van der Waals surface area contributed by atoms with E-state index in [1.165, 1.54) is 0 Å². The molecule has 2 rings (SSSR count). The highest BCUT2D eigenvalue weighted by molar-refractivity contribution is 5.82. The van der Waals surface area contributed by atoms with Crippen LogP contribution in [0.5, 0.6) is 0 Å². The molecule has 7 nitrogen and oxygen atoms in total. The van der Waals surface area contributed by atoms with Crippen LogP contribution in [0.3, 0.4) is 0 Å². The van der Waals surface area contributed by atoms with E-state index in [2.05, 4.69) is 15.4 Å². The summed E-state index contributed by atoms with van der Waals surface area (Å²) >= 11 is 0. The Hall–Kier alpha value is -1.89. The SMILES string of the molecule is Cc1cc(N2CCN(C)C(=O)C2)nc(NN)n1. The van der Waals surface area contributed by atoms with Gasteiger partial charge in [-0.15, -0.1) is 0 Å². The average Bonchev–Trinajstić information content (AvgIpc) is 2.32. The van der Waals surface area contributed by atoms with E-state index < -0.39 is 0 Å². The van der Waals surface area contributed by atoms with Crippen LogP contribution in [0.2, 0.25) is 0 Å². The van der Waals surface area contributed by atoms with Crippen molar-refractivity contribution in [2.45, 2.75) is 6.92 Å². The summed E-state index contributed by atoms with van der Waals surface area (Å²) in [4.78, 5) is 23.6. The molecular formula is C10H16N6O. The smallest absolute Gasteiger partial charge is 0.241 e. The van der Waals surface area contributed by atoms with Crippen molar-refractivity contribution in [1.29, 1.82) is 0 Å². The van der Waals surface area contributed by atoms with Gasteiger partial charge in [0, 0.05) is 31.9 Å². The minimum atomic E-state index is 0.0924. The molecule has 1 amide bonds. The second-order valence-electron chi connectivity index (χ2n) is 4.07. The summed E-state index contributed by atoms with van der Waals surface area (Å²) < 4.78 is 0. The Morgan fingerprint density at radius 1 is 1.41 bits per heavy atom. The van der Waals surface area contributed by atoms with E-state index in [1.807, 2.05) is 17.9 Å². The normalized spacial score (nSPS) is 16.3. The fourth-order valence-electron chi connectivity index (χ4n) is 1.73. The van der Waals surface area contributed by atoms with E-state index in [-0.39, 0.29) is 5.91 Å². The monoisotopic (exact) mass is 236 g/mol. The molecule has 3 N–H and O–H groups in total. The number of carbonyl (C=O) groups excluding carboxylic acids is 1. The molecular weight excluding hydrogens is 220 g/mol. The maximum absolute atomic E-state index is 11.6. The summed E-state index contributed by atoms with van der Waals surface area (Å²) in [6, 6.07) is 1.85. The van der Waals surface area contributed by atoms with Crippen LogP contribution in [-0.2, 0) is 4.79 Å². The molecule has 0 spiro atoms. The molecule has 2 heterocycles. The maximum Gasteiger partial charge on any atom is 0.241 e. The standard InChI is InChI=1S/C10H16N6O/c1-7-5-8(13-10(12-7)14-11)16-4-3-15(2)9(17)6-16/h5H,3-4,6,11H2,1-2H3,(H,12,13,14). The molecule has 7 heteroatoms. The quantitative estimate of drug-likeness (QED) is 0.524. The summed E-state index contributed by atoms with van der Waals surface area (Å²) in [5.41, 5.74) is 3.24. The van der Waals surface area contributed by atoms with Crippen molar-refractivity contribution in [3.63, 3.8) is 0 Å². The Morgan fingerprint density at radius 2 is 2.18 bits per heavy atom. The number of nitrogens with one attached hydrogen (secondary N) is 1. The van der Waals surface area contributed by atoms with Crippen molar-refractivity contribution in [1.82, 2.24) is 14.9 Å². The Morgan fingerprint density at radius 3 is 2.82 bits per heavy atom. The first-order valence-corrected chi connectivity index (χ1v) is 5.41. The fraction of sp³-hybridized carbons (Fsp3) is 0.500. The minimum Gasteiger partial charge on any atom is -0.345 e. The lowest BCUT2D eigenvalue weighted by atomic mass is 10.3. The number of anilines is 2. The van der Waals surface area contributed by atoms with Crippen molar-refractivity contribution in [3.8, 4) is 0 Å². The number of hydrogen-bond donors (Lipinski definition) is 2. The van der Waals surface area contributed by atoms with Gasteiger partial charge in [0.2, 0.25) is 11.9 Å². The van der Waals surface area contributed by atoms with Crippen LogP contribution < -0.4 is 16.2 Å². The van der Waals surface area contributed by atoms with Crippen molar-refractivity contribution in [2.75, 3.05) is 37.0 Å². The number of carbonyl (C=O) groups is 1. The minimum absolute atomic E-state index is 0.0924. The molecule has 1 aromatic heterocycles. The predicted molar refractivity (Wildman–Crippen MR) is 64.4 cm³/mol. The third-order valence-corrected chi connectivity index (χ3v) is 2.75. The fourth-order valence-corrected chi connectivity index (χ4v) is 1.73. The van der Waals surface area contributed by atoms with Gasteiger partial charge in [-0.05, 0) is 6.92 Å². The molecule has 92 valence electrons. The molecule has 0 aromatic carbocycles. The second-order valence-corrected chi connectivity index (χ2v) is 4.07. The van der Waals surface area contributed by atoms with Gasteiger partial charge in [0.15, 0.2) is 0 Å². The number of nitrogen functional groups attached to an aromatic ring is 1. The van der Waals surface area contributed by atoms with Crippen molar-refractivity contribution < 1.29 is 4.79 Å². The van der Waals surface area contributed by atoms with Crippen LogP contribution >= 0.6 is 0 Å². The number of hydrazine groups is 1. The molecule has 1 saturated heterocycles. The van der Waals surface area contributed by atoms with Gasteiger partial charge >= 0.3 is 0 Å². The summed E-state index contributed by atoms with van der Waals surface area (Å²) in [6.07, 6.45) is 0. The third kappa shape index (κ3) is 2.44. The highest BCUT2D eigenvalue weighted by atomic mass is 16.2. The van der Waals surface area contributed by atoms with Crippen LogP contribution in [0.25, 0.3) is 0 Å². The number of aryl methyl sites for hydroxylation is 1. The highest BCUT2D eigenvalue weighted by Crippen LogP contribution is 2.16. The highest BCUT2D eigenvalue weighted by Gasteiger charge is 2.22. The topological polar surface area (TPSA) is 87.4 Å². The lowest BCUT2D eigenvalue weighted by Crippen LogP contribution is -2.48. The van der Waals surface area contributed by atoms with E-state index in [0.717, 1.165) is 18.1 Å². The number of hydrogen-bond acceptors (Lipinski definition) is 6. The lowest BCUT2D eigenvalue weighted by Gasteiger charge is -2.32. The number of amides is 1. The Kier molecular flexibility index (Phi) is 3.10. The molecule has 1 fully saturated rings. The number of likely N-dealkylation sites (N-methyl/N-ethyl adjacent to an activating group) is 1. The van der Waals surface area contributed by atoms with Gasteiger partial charge in [-0.3, -0.25) is 10.2 Å². The predicted octanol–water partition coefficient (Wildman–Crippen LogP) is -0.651. The van der Waals surface area contributed by atoms with Gasteiger partial charge in [0.05, 0.1) is 6.54 Å². The van der Waals surface area contributed by atoms with Gasteiger partial charge in [-0.2, -0.15) is 4.98 Å². The zero-order valence-electron chi connectivity index (χ0n) is 9.97. The number of piperazine rings is 1. The van der Waals surface area contributed by atoms with Crippen molar-refractivity contribution >= 4 is 17.7 Å². The Bertz CT molecular complexity index is 435. The molecule has 0 bridgehead atoms. The molecule has 0 saturated carbocycles. The maximum atomic E-state index is 11.6. The number of aromatic nitrogens is 2. The van der Waals surface area contributed by atoms with Crippen molar-refractivity contribution in [2.24, 2.45) is 5.84 Å². The first-order chi connectivity index (χ1) is 8.10. The van der Waals surface area contributed by atoms with Crippen molar-refractivity contribution in [3.05, 3.63) is 11.8 Å². The molecule has 1 aromatic rings. The number of nitrogens with zero attached hydrogens (tertiary/aromatic N) is 4. The first kappa shape index (κ1) is 11.6. The van der Waals surface area contributed by atoms with E-state index in [4.69, 9.17) is 5.84 Å². The summed E-state index contributed by atoms with van der Waals surface area (Å²) in [5, 5.41) is 0. The summed E-state index contributed by atoms with van der Waals surface area (Å²) in [6.45, 7) is 3.68. The van der Waals surface area contributed by atoms with Crippen LogP contribution in [0.15, 0.2) is 6.07 Å². The lowest BCUT2D eigenvalue weighted by molar-refractivity contribution is -0.129. The molecule has 0 atom stereocenters. The average molecular weight is 236 g/mol. The number of nitrogens with two attached hydrogens (primary N) is 1. The van der Waals surface area contributed by atoms with E-state index in [1.54, 1.807) is 11.9 Å². The van der Waals surface area contributed by atoms with E-state index >= 15 is 0 Å². The molecule has 0 aliphatic carbocycles. The van der Waals surface area contributed by atoms with Gasteiger partial charge < -0.3 is 9.80 Å². The molecule has 17 heavy (non-hydrogen) atoms. The Balaban J connectivity index is 2.22. The molecule has 0 unspecified atom stereocenters. The second kappa shape index (κ2) is 4.54. The summed E-state index contributed by atoms with van der Waals surface area (Å²) in [7, 11) is 1.80. The number of rotatable bonds is 2. The first-order valence-electron chi connectivity index (χ1n) is 5.41. The molecule has 1 aliphatic heterocycles.